The van der Waals surface area contributed by atoms with Crippen LogP contribution < -0.4 is 5.32 Å². The van der Waals surface area contributed by atoms with Crippen LogP contribution in [0.3, 0.4) is 0 Å². The highest BCUT2D eigenvalue weighted by Crippen LogP contribution is 2.26. The number of nitrogens with zero attached hydrogens (tertiary/aromatic N) is 5. The number of pyridine rings is 1. The number of hydrogen-bond acceptors (Lipinski definition) is 7. The van der Waals surface area contributed by atoms with Gasteiger partial charge in [-0.05, 0) is 29.8 Å². The summed E-state index contributed by atoms with van der Waals surface area (Å²) in [5.74, 6) is 1.37. The summed E-state index contributed by atoms with van der Waals surface area (Å²) in [6.45, 7) is 0.320. The highest BCUT2D eigenvalue weighted by molar-refractivity contribution is 7.98. The van der Waals surface area contributed by atoms with E-state index in [1.807, 2.05) is 71.3 Å². The lowest BCUT2D eigenvalue weighted by atomic mass is 10.1. The van der Waals surface area contributed by atoms with E-state index in [1.165, 1.54) is 18.0 Å². The lowest BCUT2D eigenvalue weighted by molar-refractivity contribution is 0.0945. The van der Waals surface area contributed by atoms with Gasteiger partial charge in [0.25, 0.3) is 5.91 Å². The number of thioether (sulfide) groups is 1. The molecule has 1 N–H and O–H groups in total. The zero-order valence-corrected chi connectivity index (χ0v) is 19.6. The van der Waals surface area contributed by atoms with E-state index in [0.717, 1.165) is 27.9 Å². The average molecular weight is 483 g/mol. The second-order valence-electron chi connectivity index (χ2n) is 7.65. The van der Waals surface area contributed by atoms with Gasteiger partial charge in [0.2, 0.25) is 5.89 Å². The molecule has 0 atom stereocenters. The van der Waals surface area contributed by atoms with Gasteiger partial charge in [-0.2, -0.15) is 0 Å². The van der Waals surface area contributed by atoms with E-state index in [9.17, 15) is 4.79 Å². The van der Waals surface area contributed by atoms with E-state index in [0.29, 0.717) is 24.6 Å². The van der Waals surface area contributed by atoms with Crippen LogP contribution in [0.15, 0.2) is 101 Å². The molecule has 174 valence electrons. The van der Waals surface area contributed by atoms with Crippen molar-refractivity contribution in [2.75, 3.05) is 0 Å². The summed E-state index contributed by atoms with van der Waals surface area (Å²) in [6, 6.07) is 25.7. The summed E-state index contributed by atoms with van der Waals surface area (Å²) in [7, 11) is 0. The number of nitrogens with one attached hydrogen (secondary N) is 1. The van der Waals surface area contributed by atoms with Gasteiger partial charge in [-0.3, -0.25) is 14.3 Å². The van der Waals surface area contributed by atoms with Gasteiger partial charge in [-0.25, -0.2) is 4.98 Å². The van der Waals surface area contributed by atoms with Crippen molar-refractivity contribution in [1.29, 1.82) is 0 Å². The predicted molar refractivity (Wildman–Crippen MR) is 132 cm³/mol. The fourth-order valence-electron chi connectivity index (χ4n) is 3.49. The zero-order valence-electron chi connectivity index (χ0n) is 18.7. The van der Waals surface area contributed by atoms with Crippen molar-refractivity contribution >= 4 is 17.7 Å². The molecule has 1 amide bonds. The Kier molecular flexibility index (Phi) is 6.95. The first kappa shape index (κ1) is 22.5. The third kappa shape index (κ3) is 5.64. The molecule has 0 radical (unpaired) electrons. The molecule has 0 saturated carbocycles. The lowest BCUT2D eigenvalue weighted by Crippen LogP contribution is -2.23. The molecule has 3 aromatic heterocycles. The van der Waals surface area contributed by atoms with Gasteiger partial charge in [0.15, 0.2) is 10.9 Å². The molecule has 0 spiro atoms. The molecule has 0 saturated heterocycles. The summed E-state index contributed by atoms with van der Waals surface area (Å²) in [5, 5.41) is 12.4. The summed E-state index contributed by atoms with van der Waals surface area (Å²) < 4.78 is 7.58. The molecule has 0 unspecified atom stereocenters. The SMILES string of the molecule is O=C(NCc1ccccn1)c1coc(CSc2nnc(Cc3ccccc3)n2-c2ccccc2)n1. The molecule has 2 aromatic carbocycles. The smallest absolute Gasteiger partial charge is 0.273 e. The predicted octanol–water partition coefficient (Wildman–Crippen LogP) is 4.46. The van der Waals surface area contributed by atoms with E-state index in [-0.39, 0.29) is 11.6 Å². The van der Waals surface area contributed by atoms with Crippen LogP contribution in [0.25, 0.3) is 5.69 Å². The van der Waals surface area contributed by atoms with Gasteiger partial charge >= 0.3 is 0 Å². The summed E-state index contributed by atoms with van der Waals surface area (Å²) in [6.07, 6.45) is 3.71. The number of rotatable bonds is 9. The summed E-state index contributed by atoms with van der Waals surface area (Å²) in [4.78, 5) is 21.0. The molecule has 8 nitrogen and oxygen atoms in total. The Morgan fingerprint density at radius 1 is 0.943 bits per heavy atom. The van der Waals surface area contributed by atoms with Gasteiger partial charge in [0.05, 0.1) is 18.0 Å². The number of carbonyl (C=O) groups is 1. The van der Waals surface area contributed by atoms with Crippen molar-refractivity contribution in [3.8, 4) is 5.69 Å². The number of para-hydroxylation sites is 1. The Bertz CT molecular complexity index is 1390. The monoisotopic (exact) mass is 482 g/mol. The molecule has 0 fully saturated rings. The zero-order chi connectivity index (χ0) is 23.9. The summed E-state index contributed by atoms with van der Waals surface area (Å²) in [5.41, 5.74) is 3.13. The van der Waals surface area contributed by atoms with Crippen molar-refractivity contribution in [3.63, 3.8) is 0 Å². The van der Waals surface area contributed by atoms with E-state index in [2.05, 4.69) is 37.6 Å². The summed E-state index contributed by atoms with van der Waals surface area (Å²) >= 11 is 1.45. The fourth-order valence-corrected chi connectivity index (χ4v) is 4.32. The Morgan fingerprint density at radius 3 is 2.49 bits per heavy atom. The molecule has 0 aliphatic heterocycles. The maximum absolute atomic E-state index is 12.4. The molecular formula is C26H22N6O2S. The number of aromatic nitrogens is 5. The molecule has 35 heavy (non-hydrogen) atoms. The van der Waals surface area contributed by atoms with Gasteiger partial charge in [-0.1, -0.05) is 66.4 Å². The number of oxazole rings is 1. The standard InChI is InChI=1S/C26H22N6O2S/c33-25(28-16-20-11-7-8-14-27-20)22-17-34-24(29-22)18-35-26-31-30-23(15-19-9-3-1-4-10-19)32(26)21-12-5-2-6-13-21/h1-14,17H,15-16,18H2,(H,28,33). The quantitative estimate of drug-likeness (QED) is 0.310. The molecule has 0 bridgehead atoms. The van der Waals surface area contributed by atoms with Crippen LogP contribution in [0, 0.1) is 0 Å². The normalized spacial score (nSPS) is 10.9. The van der Waals surface area contributed by atoms with E-state index >= 15 is 0 Å². The number of hydrogen-bond donors (Lipinski definition) is 1. The van der Waals surface area contributed by atoms with Gasteiger partial charge in [0.1, 0.15) is 12.1 Å². The number of amides is 1. The second kappa shape index (κ2) is 10.8. The molecule has 0 aliphatic rings. The maximum Gasteiger partial charge on any atom is 0.273 e. The Morgan fingerprint density at radius 2 is 1.71 bits per heavy atom. The molecule has 9 heteroatoms. The van der Waals surface area contributed by atoms with Crippen molar-refractivity contribution < 1.29 is 9.21 Å². The van der Waals surface area contributed by atoms with Crippen LogP contribution in [-0.4, -0.2) is 30.6 Å². The minimum absolute atomic E-state index is 0.228. The minimum Gasteiger partial charge on any atom is -0.447 e. The first-order valence-corrected chi connectivity index (χ1v) is 12.0. The average Bonchev–Trinajstić information content (AvgIpc) is 3.55. The Labute approximate surface area is 206 Å². The van der Waals surface area contributed by atoms with E-state index in [1.54, 1.807) is 6.20 Å². The first-order chi connectivity index (χ1) is 17.3. The topological polar surface area (TPSA) is 98.7 Å². The third-order valence-electron chi connectivity index (χ3n) is 5.19. The van der Waals surface area contributed by atoms with E-state index < -0.39 is 0 Å². The molecule has 3 heterocycles. The molecule has 5 aromatic rings. The molecule has 5 rings (SSSR count). The largest absolute Gasteiger partial charge is 0.447 e. The lowest BCUT2D eigenvalue weighted by Gasteiger charge is -2.10. The van der Waals surface area contributed by atoms with Crippen LogP contribution in [-0.2, 0) is 18.7 Å². The van der Waals surface area contributed by atoms with Crippen LogP contribution >= 0.6 is 11.8 Å². The van der Waals surface area contributed by atoms with Gasteiger partial charge < -0.3 is 9.73 Å². The highest BCUT2D eigenvalue weighted by atomic mass is 32.2. The highest BCUT2D eigenvalue weighted by Gasteiger charge is 2.17. The first-order valence-electron chi connectivity index (χ1n) is 11.1. The minimum atomic E-state index is -0.312. The Balaban J connectivity index is 1.28. The van der Waals surface area contributed by atoms with Crippen LogP contribution in [0.5, 0.6) is 0 Å². The molecule has 0 aliphatic carbocycles. The third-order valence-corrected chi connectivity index (χ3v) is 6.10. The molecular weight excluding hydrogens is 460 g/mol. The van der Waals surface area contributed by atoms with Crippen molar-refractivity contribution in [2.45, 2.75) is 23.9 Å². The van der Waals surface area contributed by atoms with E-state index in [4.69, 9.17) is 4.42 Å². The maximum atomic E-state index is 12.4. The van der Waals surface area contributed by atoms with Crippen LogP contribution in [0.1, 0.15) is 33.5 Å². The van der Waals surface area contributed by atoms with Crippen molar-refractivity contribution in [2.24, 2.45) is 0 Å². The second-order valence-corrected chi connectivity index (χ2v) is 8.59. The van der Waals surface area contributed by atoms with Crippen LogP contribution in [0.4, 0.5) is 0 Å². The Hall–Kier alpha value is -4.24. The fraction of sp³-hybridized carbons (Fsp3) is 0.115. The number of benzene rings is 2. The van der Waals surface area contributed by atoms with Crippen molar-refractivity contribution in [3.05, 3.63) is 120 Å². The van der Waals surface area contributed by atoms with Gasteiger partial charge in [0, 0.05) is 18.3 Å². The van der Waals surface area contributed by atoms with Crippen LogP contribution in [0.2, 0.25) is 0 Å². The van der Waals surface area contributed by atoms with Crippen molar-refractivity contribution in [1.82, 2.24) is 30.0 Å². The number of carbonyl (C=O) groups excluding carboxylic acids is 1. The van der Waals surface area contributed by atoms with Gasteiger partial charge in [-0.15, -0.1) is 10.2 Å².